The third-order valence-electron chi connectivity index (χ3n) is 4.73. The number of aromatic nitrogens is 3. The lowest BCUT2D eigenvalue weighted by molar-refractivity contribution is 0.0624. The predicted molar refractivity (Wildman–Crippen MR) is 102 cm³/mol. The predicted octanol–water partition coefficient (Wildman–Crippen LogP) is 2.50. The lowest BCUT2D eigenvalue weighted by Gasteiger charge is -2.34. The Balaban J connectivity index is 1.39. The summed E-state index contributed by atoms with van der Waals surface area (Å²) < 4.78 is 2.04. The first-order chi connectivity index (χ1) is 12.7. The zero-order chi connectivity index (χ0) is 17.9. The molecule has 26 heavy (non-hydrogen) atoms. The molecule has 0 N–H and O–H groups in total. The molecular weight excluding hydrogens is 346 g/mol. The minimum atomic E-state index is 0.0973. The van der Waals surface area contributed by atoms with Crippen molar-refractivity contribution in [1.29, 1.82) is 0 Å². The number of carbonyl (C=O) groups excluding carboxylic acids is 1. The van der Waals surface area contributed by atoms with Crippen LogP contribution in [0, 0.1) is 0 Å². The smallest absolute Gasteiger partial charge is 0.253 e. The van der Waals surface area contributed by atoms with E-state index in [1.165, 1.54) is 0 Å². The van der Waals surface area contributed by atoms with Crippen LogP contribution in [0.25, 0.3) is 10.6 Å². The van der Waals surface area contributed by atoms with Crippen molar-refractivity contribution >= 4 is 17.2 Å². The SMILES string of the molecule is Cn1ccnc1CN1CCN(C(=O)c2cccc(-c3nccs3)c2)CC1. The molecule has 1 amide bonds. The van der Waals surface area contributed by atoms with Crippen LogP contribution in [-0.4, -0.2) is 56.4 Å². The average molecular weight is 367 g/mol. The van der Waals surface area contributed by atoms with E-state index in [1.807, 2.05) is 58.6 Å². The molecule has 0 unspecified atom stereocenters. The highest BCUT2D eigenvalue weighted by atomic mass is 32.1. The van der Waals surface area contributed by atoms with Crippen molar-refractivity contribution in [2.24, 2.45) is 7.05 Å². The van der Waals surface area contributed by atoms with E-state index in [0.717, 1.165) is 54.7 Å². The second-order valence-electron chi connectivity index (χ2n) is 6.44. The number of hydrogen-bond acceptors (Lipinski definition) is 5. The summed E-state index contributed by atoms with van der Waals surface area (Å²) in [5.74, 6) is 1.15. The monoisotopic (exact) mass is 367 g/mol. The lowest BCUT2D eigenvalue weighted by Crippen LogP contribution is -2.48. The molecule has 1 aliphatic heterocycles. The highest BCUT2D eigenvalue weighted by molar-refractivity contribution is 7.13. The van der Waals surface area contributed by atoms with Gasteiger partial charge in [0.05, 0.1) is 6.54 Å². The van der Waals surface area contributed by atoms with Gasteiger partial charge in [0.15, 0.2) is 0 Å². The Morgan fingerprint density at radius 2 is 2.00 bits per heavy atom. The molecular formula is C19H21N5OS. The maximum atomic E-state index is 12.9. The molecule has 2 aromatic heterocycles. The number of rotatable bonds is 4. The van der Waals surface area contributed by atoms with Crippen LogP contribution in [0.3, 0.4) is 0 Å². The van der Waals surface area contributed by atoms with Gasteiger partial charge in [0, 0.05) is 68.3 Å². The molecule has 0 saturated carbocycles. The Morgan fingerprint density at radius 1 is 1.15 bits per heavy atom. The third-order valence-corrected chi connectivity index (χ3v) is 5.56. The van der Waals surface area contributed by atoms with Gasteiger partial charge in [-0.05, 0) is 12.1 Å². The molecule has 7 heteroatoms. The van der Waals surface area contributed by atoms with Gasteiger partial charge in [0.25, 0.3) is 5.91 Å². The first kappa shape index (κ1) is 16.9. The zero-order valence-electron chi connectivity index (χ0n) is 14.7. The number of piperazine rings is 1. The van der Waals surface area contributed by atoms with Crippen LogP contribution in [0.4, 0.5) is 0 Å². The quantitative estimate of drug-likeness (QED) is 0.711. The van der Waals surface area contributed by atoms with Crippen LogP contribution in [0.1, 0.15) is 16.2 Å². The summed E-state index contributed by atoms with van der Waals surface area (Å²) in [6, 6.07) is 7.77. The van der Waals surface area contributed by atoms with Crippen LogP contribution < -0.4 is 0 Å². The zero-order valence-corrected chi connectivity index (χ0v) is 15.5. The molecule has 4 rings (SSSR count). The first-order valence-electron chi connectivity index (χ1n) is 8.68. The van der Waals surface area contributed by atoms with Gasteiger partial charge in [-0.25, -0.2) is 9.97 Å². The van der Waals surface area contributed by atoms with Gasteiger partial charge < -0.3 is 9.47 Å². The summed E-state index contributed by atoms with van der Waals surface area (Å²) in [6.45, 7) is 4.04. The number of nitrogens with zero attached hydrogens (tertiary/aromatic N) is 5. The molecule has 0 spiro atoms. The van der Waals surface area contributed by atoms with Crippen molar-refractivity contribution < 1.29 is 4.79 Å². The first-order valence-corrected chi connectivity index (χ1v) is 9.56. The second kappa shape index (κ2) is 7.39. The summed E-state index contributed by atoms with van der Waals surface area (Å²) in [5.41, 5.74) is 1.73. The molecule has 3 aromatic rings. The third kappa shape index (κ3) is 3.54. The van der Waals surface area contributed by atoms with E-state index in [-0.39, 0.29) is 5.91 Å². The second-order valence-corrected chi connectivity index (χ2v) is 7.34. The van der Waals surface area contributed by atoms with Gasteiger partial charge in [-0.3, -0.25) is 9.69 Å². The molecule has 1 aromatic carbocycles. The topological polar surface area (TPSA) is 54.3 Å². The van der Waals surface area contributed by atoms with E-state index in [2.05, 4.69) is 14.9 Å². The van der Waals surface area contributed by atoms with E-state index >= 15 is 0 Å². The fourth-order valence-electron chi connectivity index (χ4n) is 3.19. The highest BCUT2D eigenvalue weighted by Crippen LogP contribution is 2.23. The molecule has 1 saturated heterocycles. The van der Waals surface area contributed by atoms with E-state index in [4.69, 9.17) is 0 Å². The molecule has 1 fully saturated rings. The number of amides is 1. The van der Waals surface area contributed by atoms with Crippen LogP contribution in [0.2, 0.25) is 0 Å². The summed E-state index contributed by atoms with van der Waals surface area (Å²) in [4.78, 5) is 25.9. The number of carbonyl (C=O) groups is 1. The maximum Gasteiger partial charge on any atom is 0.253 e. The van der Waals surface area contributed by atoms with Gasteiger partial charge in [0.1, 0.15) is 10.8 Å². The van der Waals surface area contributed by atoms with Gasteiger partial charge >= 0.3 is 0 Å². The van der Waals surface area contributed by atoms with Crippen molar-refractivity contribution in [3.05, 3.63) is 59.6 Å². The molecule has 0 aliphatic carbocycles. The molecule has 0 atom stereocenters. The number of aryl methyl sites for hydroxylation is 1. The van der Waals surface area contributed by atoms with Crippen LogP contribution >= 0.6 is 11.3 Å². The van der Waals surface area contributed by atoms with Gasteiger partial charge in [-0.1, -0.05) is 12.1 Å². The number of imidazole rings is 1. The Hall–Kier alpha value is -2.51. The maximum absolute atomic E-state index is 12.9. The van der Waals surface area contributed by atoms with E-state index in [1.54, 1.807) is 17.5 Å². The normalized spacial score (nSPS) is 15.3. The Kier molecular flexibility index (Phi) is 4.81. The fourth-order valence-corrected chi connectivity index (χ4v) is 3.83. The van der Waals surface area contributed by atoms with Gasteiger partial charge in [-0.15, -0.1) is 11.3 Å². The Bertz CT molecular complexity index is 881. The summed E-state index contributed by atoms with van der Waals surface area (Å²) >= 11 is 1.58. The number of thiazole rings is 1. The average Bonchev–Trinajstić information content (AvgIpc) is 3.35. The summed E-state index contributed by atoms with van der Waals surface area (Å²) in [5, 5.41) is 2.89. The highest BCUT2D eigenvalue weighted by Gasteiger charge is 2.23. The lowest BCUT2D eigenvalue weighted by atomic mass is 10.1. The minimum absolute atomic E-state index is 0.0973. The fraction of sp³-hybridized carbons (Fsp3) is 0.316. The van der Waals surface area contributed by atoms with E-state index in [0.29, 0.717) is 0 Å². The van der Waals surface area contributed by atoms with Crippen molar-refractivity contribution in [3.63, 3.8) is 0 Å². The molecule has 134 valence electrons. The van der Waals surface area contributed by atoms with Gasteiger partial charge in [0.2, 0.25) is 0 Å². The van der Waals surface area contributed by atoms with Crippen LogP contribution in [-0.2, 0) is 13.6 Å². The summed E-state index contributed by atoms with van der Waals surface area (Å²) in [7, 11) is 2.01. The van der Waals surface area contributed by atoms with Crippen molar-refractivity contribution in [3.8, 4) is 10.6 Å². The van der Waals surface area contributed by atoms with Crippen molar-refractivity contribution in [2.45, 2.75) is 6.54 Å². The largest absolute Gasteiger partial charge is 0.337 e. The molecule has 1 aliphatic rings. The minimum Gasteiger partial charge on any atom is -0.337 e. The number of hydrogen-bond donors (Lipinski definition) is 0. The van der Waals surface area contributed by atoms with Gasteiger partial charge in [-0.2, -0.15) is 0 Å². The molecule has 0 bridgehead atoms. The van der Waals surface area contributed by atoms with Crippen molar-refractivity contribution in [1.82, 2.24) is 24.3 Å². The van der Waals surface area contributed by atoms with Crippen molar-refractivity contribution in [2.75, 3.05) is 26.2 Å². The Labute approximate surface area is 156 Å². The summed E-state index contributed by atoms with van der Waals surface area (Å²) in [6.07, 6.45) is 5.57. The molecule has 0 radical (unpaired) electrons. The molecule has 6 nitrogen and oxygen atoms in total. The Morgan fingerprint density at radius 3 is 2.69 bits per heavy atom. The van der Waals surface area contributed by atoms with E-state index in [9.17, 15) is 4.79 Å². The number of benzene rings is 1. The standard InChI is InChI=1S/C19H21N5OS/c1-22-7-5-20-17(22)14-23-8-10-24(11-9-23)19(25)16-4-2-3-15(13-16)18-21-6-12-26-18/h2-7,12-13H,8-11,14H2,1H3. The van der Waals surface area contributed by atoms with E-state index < -0.39 is 0 Å². The molecule has 3 heterocycles. The van der Waals surface area contributed by atoms with Crippen LogP contribution in [0.15, 0.2) is 48.2 Å². The van der Waals surface area contributed by atoms with Crippen LogP contribution in [0.5, 0.6) is 0 Å².